The lowest BCUT2D eigenvalue weighted by atomic mass is 9.81. The summed E-state index contributed by atoms with van der Waals surface area (Å²) in [6, 6.07) is 0. The first-order valence-corrected chi connectivity index (χ1v) is 29.6. The highest BCUT2D eigenvalue weighted by Crippen LogP contribution is 2.62. The molecule has 6 rings (SSSR count). The molecule has 6 fully saturated rings. The fraction of sp³-hybridized carbons (Fsp3) is 1.00. The Bertz CT molecular complexity index is 923. The third-order valence-electron chi connectivity index (χ3n) is 14.5. The predicted molar refractivity (Wildman–Crippen MR) is 187 cm³/mol. The zero-order chi connectivity index (χ0) is 30.1. The Morgan fingerprint density at radius 2 is 1.05 bits per heavy atom. The summed E-state index contributed by atoms with van der Waals surface area (Å²) in [5.74, 6) is 6.39. The van der Waals surface area contributed by atoms with Crippen molar-refractivity contribution < 1.29 is 12.3 Å². The Labute approximate surface area is 265 Å². The molecule has 9 atom stereocenters. The van der Waals surface area contributed by atoms with Gasteiger partial charge in [0.25, 0.3) is 0 Å². The summed E-state index contributed by atoms with van der Waals surface area (Å²) in [4.78, 5) is 0. The minimum atomic E-state index is -2.54. The van der Waals surface area contributed by atoms with Crippen LogP contribution in [0.15, 0.2) is 0 Å². The average molecular weight is 649 g/mol. The summed E-state index contributed by atoms with van der Waals surface area (Å²) in [5.41, 5.74) is 3.01. The Morgan fingerprint density at radius 3 is 1.55 bits per heavy atom. The molecule has 0 amide bonds. The van der Waals surface area contributed by atoms with Crippen LogP contribution < -0.4 is 0 Å². The third-order valence-corrected chi connectivity index (χ3v) is 33.5. The summed E-state index contributed by atoms with van der Waals surface area (Å²) in [5, 5.41) is 0. The van der Waals surface area contributed by atoms with E-state index in [1.165, 1.54) is 96.3 Å². The van der Waals surface area contributed by atoms with Gasteiger partial charge in [0, 0.05) is 11.1 Å². The molecule has 0 aliphatic heterocycles. The van der Waals surface area contributed by atoms with Crippen LogP contribution in [0.1, 0.15) is 117 Å². The summed E-state index contributed by atoms with van der Waals surface area (Å²) in [6.07, 6.45) is 21.1. The smallest absolute Gasteiger partial charge is 0.325 e. The van der Waals surface area contributed by atoms with E-state index < -0.39 is 33.8 Å². The second-order valence-electron chi connectivity index (χ2n) is 18.3. The maximum absolute atomic E-state index is 8.17. The third kappa shape index (κ3) is 6.10. The van der Waals surface area contributed by atoms with E-state index in [9.17, 15) is 0 Å². The van der Waals surface area contributed by atoms with E-state index in [4.69, 9.17) is 12.3 Å². The van der Waals surface area contributed by atoms with E-state index in [1.54, 1.807) is 0 Å². The van der Waals surface area contributed by atoms with Gasteiger partial charge in [-0.05, 0) is 150 Å². The van der Waals surface area contributed by atoms with Crippen LogP contribution in [0.5, 0.6) is 0 Å². The van der Waals surface area contributed by atoms with Crippen molar-refractivity contribution in [1.29, 1.82) is 0 Å². The molecule has 0 spiro atoms. The van der Waals surface area contributed by atoms with Gasteiger partial charge in [-0.1, -0.05) is 59.3 Å². The standard InChI is InChI=1S/C35H68O3Si4/c1-25-20-28-21-32(25)34(22-28)40(6,7)37-42(30-16-12-10-13-17-30,31-18-14-11-15-19-31)38-41(8,9)36-39(4,5)35-24-29-23-33(35)27(3)26(29)2/h25-35H,10-24H2,1-9H3. The Balaban J connectivity index is 1.30. The van der Waals surface area contributed by atoms with Crippen molar-refractivity contribution >= 4 is 33.8 Å². The molecule has 6 aliphatic rings. The van der Waals surface area contributed by atoms with E-state index >= 15 is 0 Å². The fourth-order valence-corrected chi connectivity index (χ4v) is 36.8. The summed E-state index contributed by atoms with van der Waals surface area (Å²) < 4.78 is 23.8. The Kier molecular flexibility index (Phi) is 9.40. The zero-order valence-electron chi connectivity index (χ0n) is 29.2. The monoisotopic (exact) mass is 648 g/mol. The lowest BCUT2D eigenvalue weighted by molar-refractivity contribution is 0.230. The molecular formula is C35H68O3Si4. The zero-order valence-corrected chi connectivity index (χ0v) is 33.2. The molecule has 0 saturated heterocycles. The Hall–Kier alpha value is 0.748. The van der Waals surface area contributed by atoms with E-state index in [0.717, 1.165) is 52.5 Å². The van der Waals surface area contributed by atoms with Crippen molar-refractivity contribution in [2.75, 3.05) is 0 Å². The average Bonchev–Trinajstić information content (AvgIpc) is 3.71. The maximum atomic E-state index is 8.17. The van der Waals surface area contributed by atoms with Crippen LogP contribution in [0.2, 0.25) is 61.4 Å². The van der Waals surface area contributed by atoms with Gasteiger partial charge in [-0.2, -0.15) is 0 Å². The molecule has 7 heteroatoms. The van der Waals surface area contributed by atoms with Gasteiger partial charge in [0.05, 0.1) is 0 Å². The molecule has 0 heterocycles. The second-order valence-corrected chi connectivity index (χ2v) is 34.6. The van der Waals surface area contributed by atoms with Crippen molar-refractivity contribution in [3.8, 4) is 0 Å². The van der Waals surface area contributed by atoms with E-state index in [-0.39, 0.29) is 0 Å². The molecule has 6 saturated carbocycles. The first-order chi connectivity index (χ1) is 19.7. The van der Waals surface area contributed by atoms with E-state index in [2.05, 4.69) is 60.1 Å². The minimum absolute atomic E-state index is 0.681. The molecule has 0 aromatic rings. The largest absolute Gasteiger partial charge is 0.436 e. The van der Waals surface area contributed by atoms with Gasteiger partial charge in [-0.15, -0.1) is 0 Å². The van der Waals surface area contributed by atoms with Crippen LogP contribution in [0.25, 0.3) is 0 Å². The summed E-state index contributed by atoms with van der Waals surface area (Å²) >= 11 is 0. The van der Waals surface area contributed by atoms with Gasteiger partial charge < -0.3 is 12.3 Å². The van der Waals surface area contributed by atoms with Crippen molar-refractivity contribution in [2.45, 2.75) is 179 Å². The topological polar surface area (TPSA) is 27.7 Å². The highest BCUT2D eigenvalue weighted by Gasteiger charge is 2.62. The van der Waals surface area contributed by atoms with Gasteiger partial charge in [0.1, 0.15) is 0 Å². The van der Waals surface area contributed by atoms with Crippen LogP contribution in [0.3, 0.4) is 0 Å². The quantitative estimate of drug-likeness (QED) is 0.221. The first kappa shape index (κ1) is 32.7. The highest BCUT2D eigenvalue weighted by atomic mass is 28.5. The predicted octanol–water partition coefficient (Wildman–Crippen LogP) is 11.4. The van der Waals surface area contributed by atoms with Crippen LogP contribution >= 0.6 is 0 Å². The lowest BCUT2D eigenvalue weighted by Gasteiger charge is -2.54. The van der Waals surface area contributed by atoms with Gasteiger partial charge in [-0.3, -0.25) is 0 Å². The molecular weight excluding hydrogens is 581 g/mol. The summed E-state index contributed by atoms with van der Waals surface area (Å²) in [7, 11) is -8.85. The maximum Gasteiger partial charge on any atom is 0.325 e. The van der Waals surface area contributed by atoms with Crippen LogP contribution in [-0.2, 0) is 12.3 Å². The minimum Gasteiger partial charge on any atom is -0.436 e. The first-order valence-electron chi connectivity index (χ1n) is 18.8. The molecule has 242 valence electrons. The number of fused-ring (bicyclic) bond motifs is 4. The van der Waals surface area contributed by atoms with Gasteiger partial charge in [0.15, 0.2) is 16.6 Å². The second kappa shape index (κ2) is 12.1. The molecule has 6 aliphatic carbocycles. The molecule has 0 aromatic carbocycles. The van der Waals surface area contributed by atoms with Crippen molar-refractivity contribution in [3.05, 3.63) is 0 Å². The molecule has 0 N–H and O–H groups in total. The molecule has 3 nitrogen and oxygen atoms in total. The lowest BCUT2D eigenvalue weighted by Crippen LogP contribution is -2.65. The number of rotatable bonds is 10. The van der Waals surface area contributed by atoms with Crippen molar-refractivity contribution in [1.82, 2.24) is 0 Å². The van der Waals surface area contributed by atoms with Gasteiger partial charge in [0.2, 0.25) is 0 Å². The SMILES string of the molecule is CC1CC2CC1C([Si](C)(C)O[Si](O[Si](C)(C)O[Si](C)(C)C1CC3CC1C(C)C3C)(C1CCCCC1)C1CCCCC1)C2. The van der Waals surface area contributed by atoms with E-state index in [0.29, 0.717) is 11.1 Å². The van der Waals surface area contributed by atoms with E-state index in [1.807, 2.05) is 0 Å². The van der Waals surface area contributed by atoms with Crippen LogP contribution in [0, 0.1) is 41.4 Å². The Morgan fingerprint density at radius 1 is 0.500 bits per heavy atom. The number of hydrogen-bond donors (Lipinski definition) is 0. The molecule has 42 heavy (non-hydrogen) atoms. The molecule has 0 radical (unpaired) electrons. The molecule has 0 aromatic heterocycles. The van der Waals surface area contributed by atoms with Crippen molar-refractivity contribution in [2.24, 2.45) is 41.4 Å². The van der Waals surface area contributed by atoms with Crippen molar-refractivity contribution in [3.63, 3.8) is 0 Å². The normalized spacial score (nSPS) is 40.4. The van der Waals surface area contributed by atoms with Gasteiger partial charge in [-0.25, -0.2) is 0 Å². The molecule has 9 unspecified atom stereocenters. The summed E-state index contributed by atoms with van der Waals surface area (Å²) in [6.45, 7) is 23.0. The van der Waals surface area contributed by atoms with Crippen LogP contribution in [-0.4, -0.2) is 33.8 Å². The van der Waals surface area contributed by atoms with Crippen LogP contribution in [0.4, 0.5) is 0 Å². The fourth-order valence-electron chi connectivity index (χ4n) is 12.5. The molecule has 4 bridgehead atoms. The number of hydrogen-bond acceptors (Lipinski definition) is 3. The van der Waals surface area contributed by atoms with Gasteiger partial charge >= 0.3 is 17.1 Å². The highest BCUT2D eigenvalue weighted by molar-refractivity contribution is 6.91.